The molecule has 0 aromatic heterocycles. The highest BCUT2D eigenvalue weighted by Gasteiger charge is 2.22. The van der Waals surface area contributed by atoms with Gasteiger partial charge in [-0.25, -0.2) is 0 Å². The lowest BCUT2D eigenvalue weighted by Gasteiger charge is -2.31. The van der Waals surface area contributed by atoms with Gasteiger partial charge in [0.1, 0.15) is 0 Å². The second kappa shape index (κ2) is 4.77. The van der Waals surface area contributed by atoms with E-state index in [0.717, 1.165) is 18.3 Å². The van der Waals surface area contributed by atoms with E-state index in [1.165, 1.54) is 36.9 Å². The zero-order chi connectivity index (χ0) is 11.5. The summed E-state index contributed by atoms with van der Waals surface area (Å²) in [5, 5.41) is 0. The Kier molecular flexibility index (Phi) is 3.37. The van der Waals surface area contributed by atoms with Gasteiger partial charge >= 0.3 is 0 Å². The van der Waals surface area contributed by atoms with Crippen molar-refractivity contribution < 1.29 is 0 Å². The summed E-state index contributed by atoms with van der Waals surface area (Å²) in [6.07, 6.45) is 5.43. The maximum absolute atomic E-state index is 5.99. The molecular formula is C14H22N2. The van der Waals surface area contributed by atoms with Crippen LogP contribution in [0.1, 0.15) is 38.2 Å². The molecule has 0 aliphatic heterocycles. The van der Waals surface area contributed by atoms with Crippen LogP contribution in [0.5, 0.6) is 0 Å². The van der Waals surface area contributed by atoms with E-state index in [2.05, 4.69) is 30.9 Å². The summed E-state index contributed by atoms with van der Waals surface area (Å²) in [7, 11) is 0. The van der Waals surface area contributed by atoms with Crippen LogP contribution < -0.4 is 10.6 Å². The van der Waals surface area contributed by atoms with Gasteiger partial charge in [-0.15, -0.1) is 0 Å². The Balaban J connectivity index is 2.28. The molecule has 2 heteroatoms. The number of rotatable bonds is 3. The maximum atomic E-state index is 5.99. The van der Waals surface area contributed by atoms with Crippen molar-refractivity contribution in [2.45, 2.75) is 45.6 Å². The lowest BCUT2D eigenvalue weighted by Crippen LogP contribution is -2.33. The van der Waals surface area contributed by atoms with Gasteiger partial charge in [-0.05, 0) is 44.4 Å². The standard InChI is InChI=1S/C14H22N2/c1-3-16(12-7-4-5-8-12)14-10-6-9-13(15)11(14)2/h6,9-10,12H,3-5,7-8,15H2,1-2H3. The number of benzene rings is 1. The number of nitrogen functional groups attached to an aromatic ring is 1. The van der Waals surface area contributed by atoms with E-state index >= 15 is 0 Å². The minimum absolute atomic E-state index is 0.727. The molecule has 1 aliphatic rings. The van der Waals surface area contributed by atoms with Gasteiger partial charge in [0.25, 0.3) is 0 Å². The molecule has 0 bridgehead atoms. The minimum atomic E-state index is 0.727. The molecule has 0 amide bonds. The van der Waals surface area contributed by atoms with Gasteiger partial charge in [-0.2, -0.15) is 0 Å². The second-order valence-corrected chi connectivity index (χ2v) is 4.72. The molecule has 1 aromatic carbocycles. The molecule has 88 valence electrons. The molecule has 1 fully saturated rings. The van der Waals surface area contributed by atoms with E-state index in [9.17, 15) is 0 Å². The van der Waals surface area contributed by atoms with Crippen LogP contribution in [0.15, 0.2) is 18.2 Å². The lowest BCUT2D eigenvalue weighted by atomic mass is 10.1. The Labute approximate surface area is 98.4 Å². The van der Waals surface area contributed by atoms with E-state index in [4.69, 9.17) is 5.73 Å². The Morgan fingerprint density at radius 1 is 1.31 bits per heavy atom. The Morgan fingerprint density at radius 2 is 2.00 bits per heavy atom. The van der Waals surface area contributed by atoms with Gasteiger partial charge in [0.15, 0.2) is 0 Å². The summed E-state index contributed by atoms with van der Waals surface area (Å²) in [5.41, 5.74) is 9.46. The average molecular weight is 218 g/mol. The largest absolute Gasteiger partial charge is 0.398 e. The predicted molar refractivity (Wildman–Crippen MR) is 70.9 cm³/mol. The Bertz CT molecular complexity index is 354. The van der Waals surface area contributed by atoms with E-state index in [1.54, 1.807) is 0 Å². The monoisotopic (exact) mass is 218 g/mol. The first-order chi connectivity index (χ1) is 7.74. The van der Waals surface area contributed by atoms with Crippen LogP contribution in [0.3, 0.4) is 0 Å². The van der Waals surface area contributed by atoms with Gasteiger partial charge in [0, 0.05) is 24.0 Å². The van der Waals surface area contributed by atoms with Gasteiger partial charge in [-0.1, -0.05) is 18.9 Å². The number of hydrogen-bond donors (Lipinski definition) is 1. The molecule has 1 aliphatic carbocycles. The van der Waals surface area contributed by atoms with E-state index in [0.29, 0.717) is 0 Å². The Hall–Kier alpha value is -1.18. The highest BCUT2D eigenvalue weighted by molar-refractivity contribution is 5.64. The van der Waals surface area contributed by atoms with E-state index in [-0.39, 0.29) is 0 Å². The lowest BCUT2D eigenvalue weighted by molar-refractivity contribution is 0.619. The summed E-state index contributed by atoms with van der Waals surface area (Å²) in [4.78, 5) is 2.53. The molecule has 0 unspecified atom stereocenters. The maximum Gasteiger partial charge on any atom is 0.0419 e. The summed E-state index contributed by atoms with van der Waals surface area (Å²) in [6, 6.07) is 6.98. The van der Waals surface area contributed by atoms with Gasteiger partial charge in [-0.3, -0.25) is 0 Å². The molecule has 2 N–H and O–H groups in total. The topological polar surface area (TPSA) is 29.3 Å². The molecule has 0 radical (unpaired) electrons. The molecule has 0 spiro atoms. The SMILES string of the molecule is CCN(c1cccc(N)c1C)C1CCCC1. The third-order valence-corrected chi connectivity index (χ3v) is 3.76. The summed E-state index contributed by atoms with van der Waals surface area (Å²) in [5.74, 6) is 0. The summed E-state index contributed by atoms with van der Waals surface area (Å²) in [6.45, 7) is 5.44. The molecule has 16 heavy (non-hydrogen) atoms. The van der Waals surface area contributed by atoms with Crippen LogP contribution in [-0.2, 0) is 0 Å². The van der Waals surface area contributed by atoms with E-state index in [1.807, 2.05) is 6.07 Å². The van der Waals surface area contributed by atoms with Gasteiger partial charge in [0.2, 0.25) is 0 Å². The van der Waals surface area contributed by atoms with Crippen molar-refractivity contribution in [3.63, 3.8) is 0 Å². The van der Waals surface area contributed by atoms with Crippen LogP contribution in [-0.4, -0.2) is 12.6 Å². The first kappa shape index (κ1) is 11.3. The first-order valence-corrected chi connectivity index (χ1v) is 6.35. The van der Waals surface area contributed by atoms with Crippen LogP contribution in [0, 0.1) is 6.92 Å². The number of anilines is 2. The zero-order valence-electron chi connectivity index (χ0n) is 10.4. The molecule has 0 atom stereocenters. The highest BCUT2D eigenvalue weighted by Crippen LogP contribution is 2.31. The molecule has 1 saturated carbocycles. The van der Waals surface area contributed by atoms with Crippen molar-refractivity contribution in [3.8, 4) is 0 Å². The fourth-order valence-electron chi connectivity index (χ4n) is 2.79. The summed E-state index contributed by atoms with van der Waals surface area (Å²) >= 11 is 0. The minimum Gasteiger partial charge on any atom is -0.398 e. The van der Waals surface area contributed by atoms with Crippen LogP contribution in [0.4, 0.5) is 11.4 Å². The molecule has 1 aromatic rings. The fourth-order valence-corrected chi connectivity index (χ4v) is 2.79. The van der Waals surface area contributed by atoms with Crippen LogP contribution in [0.2, 0.25) is 0 Å². The highest BCUT2D eigenvalue weighted by atomic mass is 15.2. The first-order valence-electron chi connectivity index (χ1n) is 6.35. The van der Waals surface area contributed by atoms with Crippen molar-refractivity contribution >= 4 is 11.4 Å². The number of nitrogens with two attached hydrogens (primary N) is 1. The number of hydrogen-bond acceptors (Lipinski definition) is 2. The van der Waals surface area contributed by atoms with Gasteiger partial charge < -0.3 is 10.6 Å². The molecule has 0 saturated heterocycles. The summed E-state index contributed by atoms with van der Waals surface area (Å²) < 4.78 is 0. The fraction of sp³-hybridized carbons (Fsp3) is 0.571. The molecule has 2 rings (SSSR count). The predicted octanol–water partition coefficient (Wildman–Crippen LogP) is 3.35. The van der Waals surface area contributed by atoms with Crippen molar-refractivity contribution in [2.75, 3.05) is 17.2 Å². The van der Waals surface area contributed by atoms with Crippen molar-refractivity contribution in [1.29, 1.82) is 0 Å². The van der Waals surface area contributed by atoms with Crippen molar-refractivity contribution in [1.82, 2.24) is 0 Å². The van der Waals surface area contributed by atoms with Gasteiger partial charge in [0.05, 0.1) is 0 Å². The van der Waals surface area contributed by atoms with E-state index < -0.39 is 0 Å². The van der Waals surface area contributed by atoms with Crippen LogP contribution in [0.25, 0.3) is 0 Å². The smallest absolute Gasteiger partial charge is 0.0419 e. The third kappa shape index (κ3) is 2.01. The van der Waals surface area contributed by atoms with Crippen molar-refractivity contribution in [2.24, 2.45) is 0 Å². The van der Waals surface area contributed by atoms with Crippen molar-refractivity contribution in [3.05, 3.63) is 23.8 Å². The average Bonchev–Trinajstić information content (AvgIpc) is 2.79. The zero-order valence-corrected chi connectivity index (χ0v) is 10.4. The molecule has 2 nitrogen and oxygen atoms in total. The third-order valence-electron chi connectivity index (χ3n) is 3.76. The quantitative estimate of drug-likeness (QED) is 0.788. The second-order valence-electron chi connectivity index (χ2n) is 4.72. The molecular weight excluding hydrogens is 196 g/mol. The Morgan fingerprint density at radius 3 is 2.62 bits per heavy atom. The normalized spacial score (nSPS) is 16.6. The number of nitrogens with zero attached hydrogens (tertiary/aromatic N) is 1. The molecule has 0 heterocycles. The van der Waals surface area contributed by atoms with Crippen LogP contribution >= 0.6 is 0 Å².